The summed E-state index contributed by atoms with van der Waals surface area (Å²) in [6, 6.07) is 10.3. The van der Waals surface area contributed by atoms with Gasteiger partial charge in [-0.1, -0.05) is 53.0 Å². The van der Waals surface area contributed by atoms with Gasteiger partial charge in [0.15, 0.2) is 0 Å². The average molecular weight is 366 g/mol. The summed E-state index contributed by atoms with van der Waals surface area (Å²) < 4.78 is 28.2. The predicted octanol–water partition coefficient (Wildman–Crippen LogP) is 4.81. The minimum absolute atomic E-state index is 0.0337. The van der Waals surface area contributed by atoms with E-state index in [2.05, 4.69) is 0 Å². The molecule has 112 valence electrons. The molecular weight excluding hydrogens is 355 g/mol. The van der Waals surface area contributed by atoms with Crippen LogP contribution in [0.3, 0.4) is 0 Å². The average Bonchev–Trinajstić information content (AvgIpc) is 2.38. The van der Waals surface area contributed by atoms with E-state index in [4.69, 9.17) is 38.6 Å². The molecule has 0 aliphatic rings. The van der Waals surface area contributed by atoms with Crippen molar-refractivity contribution in [2.45, 2.75) is 18.4 Å². The van der Waals surface area contributed by atoms with E-state index in [0.29, 0.717) is 12.4 Å². The first kappa shape index (κ1) is 16.4. The van der Waals surface area contributed by atoms with Crippen molar-refractivity contribution in [3.05, 3.63) is 57.6 Å². The van der Waals surface area contributed by atoms with E-state index in [9.17, 15) is 8.42 Å². The van der Waals surface area contributed by atoms with Crippen LogP contribution in [0.15, 0.2) is 41.3 Å². The normalized spacial score (nSPS) is 11.4. The molecule has 2 aromatic carbocycles. The molecule has 2 rings (SSSR count). The lowest BCUT2D eigenvalue weighted by molar-refractivity contribution is 0.306. The van der Waals surface area contributed by atoms with Crippen LogP contribution in [0, 0.1) is 6.92 Å². The fraction of sp³-hybridized carbons (Fsp3) is 0.143. The van der Waals surface area contributed by atoms with Crippen molar-refractivity contribution in [3.8, 4) is 5.75 Å². The van der Waals surface area contributed by atoms with Crippen molar-refractivity contribution >= 4 is 42.9 Å². The number of benzene rings is 2. The van der Waals surface area contributed by atoms with Crippen LogP contribution in [-0.4, -0.2) is 8.42 Å². The zero-order valence-corrected chi connectivity index (χ0v) is 14.0. The first-order chi connectivity index (χ1) is 9.77. The molecule has 0 heterocycles. The summed E-state index contributed by atoms with van der Waals surface area (Å²) in [6.07, 6.45) is 0. The number of rotatable bonds is 4. The molecule has 7 heteroatoms. The number of aryl methyl sites for hydroxylation is 1. The molecule has 0 amide bonds. The molecule has 0 saturated heterocycles. The van der Waals surface area contributed by atoms with Crippen LogP contribution < -0.4 is 4.74 Å². The number of ether oxygens (including phenoxy) is 1. The molecule has 0 aromatic heterocycles. The lowest BCUT2D eigenvalue weighted by Crippen LogP contribution is -1.98. The van der Waals surface area contributed by atoms with Gasteiger partial charge >= 0.3 is 0 Å². The Labute approximate surface area is 137 Å². The van der Waals surface area contributed by atoms with Crippen molar-refractivity contribution in [3.63, 3.8) is 0 Å². The highest BCUT2D eigenvalue weighted by molar-refractivity contribution is 8.13. The molecule has 2 aromatic rings. The van der Waals surface area contributed by atoms with Crippen molar-refractivity contribution in [2.24, 2.45) is 0 Å². The number of halogens is 3. The van der Waals surface area contributed by atoms with Gasteiger partial charge in [0.05, 0.1) is 10.0 Å². The van der Waals surface area contributed by atoms with Gasteiger partial charge in [0, 0.05) is 16.7 Å². The molecule has 0 fully saturated rings. The van der Waals surface area contributed by atoms with Crippen molar-refractivity contribution < 1.29 is 13.2 Å². The maximum Gasteiger partial charge on any atom is 0.262 e. The SMILES string of the molecule is Cc1cccc(COc2cc(Cl)c(S(=O)(=O)Cl)cc2Cl)c1. The smallest absolute Gasteiger partial charge is 0.262 e. The number of hydrogen-bond acceptors (Lipinski definition) is 3. The van der Waals surface area contributed by atoms with Gasteiger partial charge in [-0.3, -0.25) is 0 Å². The zero-order valence-electron chi connectivity index (χ0n) is 10.9. The standard InChI is InChI=1S/C14H11Cl3O3S/c1-9-3-2-4-10(5-9)8-20-13-6-12(16)14(7-11(13)15)21(17,18)19/h2-7H,8H2,1H3. The first-order valence-electron chi connectivity index (χ1n) is 5.89. The molecular formula is C14H11Cl3O3S. The Morgan fingerprint density at radius 3 is 2.43 bits per heavy atom. The highest BCUT2D eigenvalue weighted by atomic mass is 35.7. The predicted molar refractivity (Wildman–Crippen MR) is 85.0 cm³/mol. The largest absolute Gasteiger partial charge is 0.487 e. The summed E-state index contributed by atoms with van der Waals surface area (Å²) in [6.45, 7) is 2.28. The van der Waals surface area contributed by atoms with Gasteiger partial charge in [0.25, 0.3) is 9.05 Å². The van der Waals surface area contributed by atoms with Crippen LogP contribution in [0.5, 0.6) is 5.75 Å². The molecule has 0 unspecified atom stereocenters. The molecule has 3 nitrogen and oxygen atoms in total. The lowest BCUT2D eigenvalue weighted by atomic mass is 10.1. The minimum atomic E-state index is -3.95. The fourth-order valence-electron chi connectivity index (χ4n) is 1.77. The molecule has 0 aliphatic carbocycles. The monoisotopic (exact) mass is 364 g/mol. The quantitative estimate of drug-likeness (QED) is 0.730. The van der Waals surface area contributed by atoms with Crippen LogP contribution >= 0.6 is 33.9 Å². The van der Waals surface area contributed by atoms with Gasteiger partial charge in [-0.15, -0.1) is 0 Å². The van der Waals surface area contributed by atoms with Crippen LogP contribution in [0.2, 0.25) is 10.0 Å². The Kier molecular flexibility index (Phi) is 5.04. The molecule has 0 N–H and O–H groups in total. The Balaban J connectivity index is 2.24. The van der Waals surface area contributed by atoms with Crippen LogP contribution in [-0.2, 0) is 15.7 Å². The zero-order chi connectivity index (χ0) is 15.6. The molecule has 0 spiro atoms. The molecule has 0 bridgehead atoms. The van der Waals surface area contributed by atoms with E-state index in [1.807, 2.05) is 31.2 Å². The second kappa shape index (κ2) is 6.44. The summed E-state index contributed by atoms with van der Waals surface area (Å²) in [4.78, 5) is -0.237. The minimum Gasteiger partial charge on any atom is -0.487 e. The van der Waals surface area contributed by atoms with Crippen molar-refractivity contribution in [2.75, 3.05) is 0 Å². The Hall–Kier alpha value is -0.940. The van der Waals surface area contributed by atoms with E-state index in [0.717, 1.165) is 11.1 Å². The summed E-state index contributed by atoms with van der Waals surface area (Å²) in [5.74, 6) is 0.298. The molecule has 21 heavy (non-hydrogen) atoms. The summed E-state index contributed by atoms with van der Waals surface area (Å²) in [5, 5.41) is 0.0971. The Bertz CT molecular complexity index is 773. The first-order valence-corrected chi connectivity index (χ1v) is 8.96. The maximum atomic E-state index is 11.3. The van der Waals surface area contributed by atoms with Gasteiger partial charge in [-0.2, -0.15) is 0 Å². The van der Waals surface area contributed by atoms with Crippen molar-refractivity contribution in [1.29, 1.82) is 0 Å². The molecule has 0 aliphatic heterocycles. The van der Waals surface area contributed by atoms with Gasteiger partial charge < -0.3 is 4.74 Å². The molecule has 0 atom stereocenters. The summed E-state index contributed by atoms with van der Waals surface area (Å²) in [5.41, 5.74) is 2.08. The lowest BCUT2D eigenvalue weighted by Gasteiger charge is -2.10. The van der Waals surface area contributed by atoms with Crippen LogP contribution in [0.4, 0.5) is 0 Å². The second-order valence-corrected chi connectivity index (χ2v) is 7.78. The van der Waals surface area contributed by atoms with Crippen LogP contribution in [0.1, 0.15) is 11.1 Å². The van der Waals surface area contributed by atoms with E-state index in [1.54, 1.807) is 0 Å². The third-order valence-corrected chi connectivity index (χ3v) is 4.81. The fourth-order valence-corrected chi connectivity index (χ4v) is 3.56. The van der Waals surface area contributed by atoms with Crippen LogP contribution in [0.25, 0.3) is 0 Å². The van der Waals surface area contributed by atoms with E-state index >= 15 is 0 Å². The summed E-state index contributed by atoms with van der Waals surface area (Å²) >= 11 is 11.9. The summed E-state index contributed by atoms with van der Waals surface area (Å²) in [7, 11) is 1.32. The molecule has 0 radical (unpaired) electrons. The number of hydrogen-bond donors (Lipinski definition) is 0. The Morgan fingerprint density at radius 2 is 1.81 bits per heavy atom. The third-order valence-electron chi connectivity index (χ3n) is 2.73. The Morgan fingerprint density at radius 1 is 1.10 bits per heavy atom. The van der Waals surface area contributed by atoms with Crippen molar-refractivity contribution in [1.82, 2.24) is 0 Å². The highest BCUT2D eigenvalue weighted by Gasteiger charge is 2.18. The van der Waals surface area contributed by atoms with Gasteiger partial charge in [-0.25, -0.2) is 8.42 Å². The van der Waals surface area contributed by atoms with Gasteiger partial charge in [0.2, 0.25) is 0 Å². The second-order valence-electron chi connectivity index (χ2n) is 4.43. The topological polar surface area (TPSA) is 43.4 Å². The maximum absolute atomic E-state index is 11.3. The van der Waals surface area contributed by atoms with E-state index in [1.165, 1.54) is 12.1 Å². The highest BCUT2D eigenvalue weighted by Crippen LogP contribution is 2.35. The van der Waals surface area contributed by atoms with E-state index in [-0.39, 0.29) is 14.9 Å². The third kappa shape index (κ3) is 4.27. The van der Waals surface area contributed by atoms with Gasteiger partial charge in [0.1, 0.15) is 17.3 Å². The van der Waals surface area contributed by atoms with Gasteiger partial charge in [-0.05, 0) is 18.6 Å². The molecule has 0 saturated carbocycles. The van der Waals surface area contributed by atoms with E-state index < -0.39 is 9.05 Å².